The van der Waals surface area contributed by atoms with Crippen LogP contribution in [0.1, 0.15) is 57.7 Å². The van der Waals surface area contributed by atoms with Gasteiger partial charge in [0.1, 0.15) is 24.5 Å². The van der Waals surface area contributed by atoms with E-state index in [-0.39, 0.29) is 31.0 Å². The van der Waals surface area contributed by atoms with E-state index >= 15 is 0 Å². The third kappa shape index (κ3) is 8.37. The number of esters is 1. The Labute approximate surface area is 240 Å². The quantitative estimate of drug-likeness (QED) is 0.255. The molecule has 1 aliphatic heterocycles. The molecule has 40 heavy (non-hydrogen) atoms. The molecule has 2 N–H and O–H groups in total. The van der Waals surface area contributed by atoms with Crippen LogP contribution < -0.4 is 20.9 Å². The average molecular weight is 644 g/mol. The van der Waals surface area contributed by atoms with Crippen molar-refractivity contribution in [2.75, 3.05) is 13.2 Å². The van der Waals surface area contributed by atoms with Gasteiger partial charge in [0, 0.05) is 16.2 Å². The van der Waals surface area contributed by atoms with E-state index in [2.05, 4.69) is 26.0 Å². The summed E-state index contributed by atoms with van der Waals surface area (Å²) >= 11 is 3.36. The van der Waals surface area contributed by atoms with Crippen molar-refractivity contribution in [3.05, 3.63) is 61.3 Å². The van der Waals surface area contributed by atoms with E-state index in [4.69, 9.17) is 23.3 Å². The lowest BCUT2D eigenvalue weighted by Crippen LogP contribution is -2.40. The van der Waals surface area contributed by atoms with Crippen LogP contribution in [0.2, 0.25) is 0 Å². The van der Waals surface area contributed by atoms with Crippen molar-refractivity contribution in [3.8, 4) is 5.75 Å². The first-order valence-corrected chi connectivity index (χ1v) is 15.6. The molecule has 4 rings (SSSR count). The molecule has 2 aliphatic rings. The Balaban J connectivity index is 1.48. The van der Waals surface area contributed by atoms with Crippen LogP contribution in [-0.2, 0) is 28.1 Å². The lowest BCUT2D eigenvalue weighted by atomic mass is 10.0. The van der Waals surface area contributed by atoms with Crippen LogP contribution in [0.3, 0.4) is 0 Å². The predicted molar refractivity (Wildman–Crippen MR) is 149 cm³/mol. The molecule has 1 saturated carbocycles. The monoisotopic (exact) mass is 643 g/mol. The van der Waals surface area contributed by atoms with Crippen molar-refractivity contribution < 1.29 is 32.6 Å². The second kappa shape index (κ2) is 13.6. The van der Waals surface area contributed by atoms with E-state index in [0.29, 0.717) is 12.0 Å². The standard InChI is InChI=1S/C26H35BrN3O9P/c1-16(2)12-21(25(32)37-19-6-4-5-7-19)29-40(34,39-20-10-8-18(27)9-11-20)36-15-23-35-14-22(38-23)30-13-17(3)24(31)28-26(30)33/h8-11,13,16,19,21-23H,4-7,12,14-15H2,1-3H3,(H,29,34)(H,28,31,33)/t21-,22+,23+,40?/m0/s1. The van der Waals surface area contributed by atoms with Gasteiger partial charge in [0.05, 0.1) is 6.61 Å². The molecular formula is C26H35BrN3O9P. The fourth-order valence-electron chi connectivity index (χ4n) is 4.48. The Hall–Kier alpha value is -2.28. The molecule has 1 unspecified atom stereocenters. The average Bonchev–Trinajstić information content (AvgIpc) is 3.58. The first kappa shape index (κ1) is 30.7. The number of carbonyl (C=O) groups is 1. The number of nitrogens with one attached hydrogen (secondary N) is 2. The fourth-order valence-corrected chi connectivity index (χ4v) is 6.23. The minimum Gasteiger partial charge on any atom is -0.461 e. The highest BCUT2D eigenvalue weighted by atomic mass is 79.9. The molecule has 14 heteroatoms. The van der Waals surface area contributed by atoms with Gasteiger partial charge < -0.3 is 18.7 Å². The van der Waals surface area contributed by atoms with Gasteiger partial charge >= 0.3 is 19.4 Å². The number of rotatable bonds is 12. The van der Waals surface area contributed by atoms with Crippen molar-refractivity contribution in [1.29, 1.82) is 0 Å². The molecule has 2 heterocycles. The normalized spacial score (nSPS) is 21.8. The van der Waals surface area contributed by atoms with Crippen molar-refractivity contribution >= 4 is 29.6 Å². The molecule has 0 amide bonds. The second-order valence-corrected chi connectivity index (χ2v) is 12.9. The summed E-state index contributed by atoms with van der Waals surface area (Å²) in [5, 5.41) is 2.81. The molecule has 12 nitrogen and oxygen atoms in total. The Morgan fingerprint density at radius 1 is 1.23 bits per heavy atom. The summed E-state index contributed by atoms with van der Waals surface area (Å²) < 4.78 is 44.7. The summed E-state index contributed by atoms with van der Waals surface area (Å²) in [5.74, 6) is -0.172. The highest BCUT2D eigenvalue weighted by Crippen LogP contribution is 2.46. The summed E-state index contributed by atoms with van der Waals surface area (Å²) in [6, 6.07) is 5.72. The van der Waals surface area contributed by atoms with Gasteiger partial charge in [-0.3, -0.25) is 23.7 Å². The number of hydrogen-bond donors (Lipinski definition) is 2. The molecule has 2 fully saturated rings. The Kier molecular flexibility index (Phi) is 10.4. The number of hydrogen-bond acceptors (Lipinski definition) is 9. The Bertz CT molecular complexity index is 1320. The summed E-state index contributed by atoms with van der Waals surface area (Å²) in [5.41, 5.74) is -0.797. The van der Waals surface area contributed by atoms with Crippen LogP contribution in [0, 0.1) is 12.8 Å². The van der Waals surface area contributed by atoms with Gasteiger partial charge in [-0.15, -0.1) is 0 Å². The second-order valence-electron chi connectivity index (χ2n) is 10.3. The van der Waals surface area contributed by atoms with Crippen molar-refractivity contribution in [2.24, 2.45) is 5.92 Å². The van der Waals surface area contributed by atoms with Crippen LogP contribution in [-0.4, -0.2) is 47.2 Å². The first-order valence-electron chi connectivity index (χ1n) is 13.3. The molecule has 0 spiro atoms. The van der Waals surface area contributed by atoms with E-state index in [0.717, 1.165) is 30.2 Å². The van der Waals surface area contributed by atoms with Crippen LogP contribution in [0.5, 0.6) is 5.75 Å². The van der Waals surface area contributed by atoms with Gasteiger partial charge in [0.25, 0.3) is 5.56 Å². The maximum absolute atomic E-state index is 14.1. The zero-order valence-corrected chi connectivity index (χ0v) is 25.2. The number of carbonyl (C=O) groups excluding carboxylic acids is 1. The molecular weight excluding hydrogens is 609 g/mol. The van der Waals surface area contributed by atoms with Crippen molar-refractivity contribution in [2.45, 2.75) is 77.5 Å². The van der Waals surface area contributed by atoms with Gasteiger partial charge in [0.2, 0.25) is 0 Å². The maximum Gasteiger partial charge on any atom is 0.459 e. The van der Waals surface area contributed by atoms with Crippen LogP contribution in [0.4, 0.5) is 0 Å². The minimum absolute atomic E-state index is 0.00555. The molecule has 1 aliphatic carbocycles. The molecule has 0 bridgehead atoms. The smallest absolute Gasteiger partial charge is 0.459 e. The number of ether oxygens (including phenoxy) is 3. The first-order chi connectivity index (χ1) is 19.0. The highest BCUT2D eigenvalue weighted by Gasteiger charge is 2.38. The van der Waals surface area contributed by atoms with Crippen LogP contribution in [0.15, 0.2) is 44.5 Å². The molecule has 220 valence electrons. The molecule has 1 saturated heterocycles. The Morgan fingerprint density at radius 3 is 2.60 bits per heavy atom. The van der Waals surface area contributed by atoms with Crippen molar-refractivity contribution in [1.82, 2.24) is 14.6 Å². The van der Waals surface area contributed by atoms with E-state index < -0.39 is 43.5 Å². The summed E-state index contributed by atoms with van der Waals surface area (Å²) in [6.07, 6.45) is 3.35. The fraction of sp³-hybridized carbons (Fsp3) is 0.577. The van der Waals surface area contributed by atoms with Gasteiger partial charge in [-0.25, -0.2) is 9.36 Å². The predicted octanol–water partition coefficient (Wildman–Crippen LogP) is 4.17. The summed E-state index contributed by atoms with van der Waals surface area (Å²) in [4.78, 5) is 39.3. The third-order valence-electron chi connectivity index (χ3n) is 6.50. The van der Waals surface area contributed by atoms with E-state index in [1.54, 1.807) is 31.2 Å². The number of aryl methyl sites for hydroxylation is 1. The maximum atomic E-state index is 14.1. The molecule has 0 radical (unpaired) electrons. The molecule has 4 atom stereocenters. The topological polar surface area (TPSA) is 147 Å². The zero-order chi connectivity index (χ0) is 28.9. The summed E-state index contributed by atoms with van der Waals surface area (Å²) in [6.45, 7) is 5.12. The number of aromatic amines is 1. The SMILES string of the molecule is Cc1cn([C@H]2CO[C@@H](COP(=O)(N[C@@H](CC(C)C)C(=O)OC3CCCC3)Oc3ccc(Br)cc3)O2)c(=O)[nH]c1=O. The lowest BCUT2D eigenvalue weighted by Gasteiger charge is -2.27. The third-order valence-corrected chi connectivity index (χ3v) is 8.60. The minimum atomic E-state index is -4.18. The zero-order valence-electron chi connectivity index (χ0n) is 22.7. The van der Waals surface area contributed by atoms with Crippen molar-refractivity contribution in [3.63, 3.8) is 0 Å². The van der Waals surface area contributed by atoms with Crippen LogP contribution in [0.25, 0.3) is 0 Å². The van der Waals surface area contributed by atoms with Gasteiger partial charge in [0.15, 0.2) is 12.5 Å². The number of H-pyrrole nitrogens is 1. The lowest BCUT2D eigenvalue weighted by molar-refractivity contribution is -0.151. The molecule has 1 aromatic heterocycles. The van der Waals surface area contributed by atoms with Crippen LogP contribution >= 0.6 is 23.7 Å². The number of nitrogens with zero attached hydrogens (tertiary/aromatic N) is 1. The Morgan fingerprint density at radius 2 is 1.93 bits per heavy atom. The largest absolute Gasteiger partial charge is 0.461 e. The van der Waals surface area contributed by atoms with E-state index in [1.807, 2.05) is 13.8 Å². The van der Waals surface area contributed by atoms with E-state index in [9.17, 15) is 18.9 Å². The van der Waals surface area contributed by atoms with Gasteiger partial charge in [-0.05, 0) is 69.2 Å². The molecule has 2 aromatic rings. The number of aromatic nitrogens is 2. The number of benzene rings is 1. The highest BCUT2D eigenvalue weighted by molar-refractivity contribution is 9.10. The number of halogens is 1. The summed E-state index contributed by atoms with van der Waals surface area (Å²) in [7, 11) is -4.18. The van der Waals surface area contributed by atoms with E-state index in [1.165, 1.54) is 10.8 Å². The molecule has 1 aromatic carbocycles. The van der Waals surface area contributed by atoms with Gasteiger partial charge in [-0.1, -0.05) is 29.8 Å². The van der Waals surface area contributed by atoms with Gasteiger partial charge in [-0.2, -0.15) is 5.09 Å².